The number of amides is 2. The van der Waals surface area contributed by atoms with Crippen molar-refractivity contribution in [2.75, 3.05) is 19.6 Å². The van der Waals surface area contributed by atoms with Crippen LogP contribution in [0, 0.1) is 0 Å². The summed E-state index contributed by atoms with van der Waals surface area (Å²) in [6.45, 7) is 8.81. The van der Waals surface area contributed by atoms with Crippen LogP contribution in [-0.4, -0.2) is 67.8 Å². The average molecular weight is 494 g/mol. The fraction of sp³-hybridized carbons (Fsp3) is 0.462. The second-order valence-corrected chi connectivity index (χ2v) is 11.2. The normalized spacial score (nSPS) is 18.6. The first-order valence-electron chi connectivity index (χ1n) is 12.1. The summed E-state index contributed by atoms with van der Waals surface area (Å²) in [5.41, 5.74) is 3.15. The van der Waals surface area contributed by atoms with Gasteiger partial charge in [-0.2, -0.15) is 5.10 Å². The van der Waals surface area contributed by atoms with E-state index in [1.807, 2.05) is 38.6 Å². The van der Waals surface area contributed by atoms with Crippen molar-refractivity contribution in [3.63, 3.8) is 0 Å². The fourth-order valence-corrected chi connectivity index (χ4v) is 5.06. The lowest BCUT2D eigenvalue weighted by molar-refractivity contribution is 0.00191. The van der Waals surface area contributed by atoms with Crippen LogP contribution < -0.4 is 0 Å². The van der Waals surface area contributed by atoms with Gasteiger partial charge in [-0.3, -0.25) is 4.79 Å². The second-order valence-electron chi connectivity index (χ2n) is 10.4. The Kier molecular flexibility index (Phi) is 6.13. The highest BCUT2D eigenvalue weighted by molar-refractivity contribution is 7.13. The van der Waals surface area contributed by atoms with Gasteiger partial charge in [0.2, 0.25) is 0 Å². The van der Waals surface area contributed by atoms with Gasteiger partial charge in [0.25, 0.3) is 5.91 Å². The predicted octanol–water partition coefficient (Wildman–Crippen LogP) is 4.95. The van der Waals surface area contributed by atoms with E-state index in [0.717, 1.165) is 22.2 Å². The number of nitrogens with zero attached hydrogens (tertiary/aromatic N) is 5. The van der Waals surface area contributed by atoms with Gasteiger partial charge in [0.1, 0.15) is 16.3 Å². The molecule has 5 rings (SSSR count). The molecule has 1 saturated carbocycles. The van der Waals surface area contributed by atoms with Gasteiger partial charge in [-0.15, -0.1) is 11.3 Å². The summed E-state index contributed by atoms with van der Waals surface area (Å²) in [5, 5.41) is 7.05. The van der Waals surface area contributed by atoms with E-state index in [4.69, 9.17) is 4.74 Å². The molecule has 1 atom stereocenters. The maximum Gasteiger partial charge on any atom is 0.410 e. The minimum atomic E-state index is -0.547. The summed E-state index contributed by atoms with van der Waals surface area (Å²) < 4.78 is 7.34. The van der Waals surface area contributed by atoms with Crippen LogP contribution in [0.5, 0.6) is 0 Å². The molecule has 35 heavy (non-hydrogen) atoms. The minimum absolute atomic E-state index is 0.119. The minimum Gasteiger partial charge on any atom is -0.444 e. The molecule has 1 aliphatic heterocycles. The lowest BCUT2D eigenvalue weighted by Gasteiger charge is -2.40. The number of piperazine rings is 1. The second kappa shape index (κ2) is 9.11. The smallest absolute Gasteiger partial charge is 0.410 e. The first-order valence-corrected chi connectivity index (χ1v) is 13.0. The van der Waals surface area contributed by atoms with Crippen molar-refractivity contribution in [1.29, 1.82) is 0 Å². The molecular weight excluding hydrogens is 462 g/mol. The van der Waals surface area contributed by atoms with E-state index < -0.39 is 5.60 Å². The van der Waals surface area contributed by atoms with Crippen LogP contribution in [0.1, 0.15) is 62.5 Å². The zero-order chi connectivity index (χ0) is 24.7. The van der Waals surface area contributed by atoms with Crippen molar-refractivity contribution in [2.45, 2.75) is 58.1 Å². The predicted molar refractivity (Wildman–Crippen MR) is 135 cm³/mol. The largest absolute Gasteiger partial charge is 0.444 e. The standard InChI is InChI=1S/C26H31N5O3S/c1-17-14-29(11-12-30(17)25(33)34-26(2,3)4)24(32)22-16-35-23(28-22)20-13-27-31(15-20)21-9-7-19(8-10-21)18-5-6-18/h7-10,13,15-18H,5-6,11-12,14H2,1-4H3/t17-/m0/s1. The highest BCUT2D eigenvalue weighted by Gasteiger charge is 2.33. The first-order chi connectivity index (χ1) is 16.7. The Labute approximate surface area is 209 Å². The Balaban J connectivity index is 1.23. The molecule has 2 aromatic heterocycles. The van der Waals surface area contributed by atoms with Crippen LogP contribution >= 0.6 is 11.3 Å². The van der Waals surface area contributed by atoms with Crippen molar-refractivity contribution < 1.29 is 14.3 Å². The molecule has 0 bridgehead atoms. The van der Waals surface area contributed by atoms with Gasteiger partial charge in [-0.1, -0.05) is 12.1 Å². The number of benzene rings is 1. The molecule has 8 nitrogen and oxygen atoms in total. The Morgan fingerprint density at radius 3 is 2.51 bits per heavy atom. The van der Waals surface area contributed by atoms with Crippen molar-refractivity contribution in [3.05, 3.63) is 53.3 Å². The molecule has 3 aromatic rings. The number of thiazole rings is 1. The molecule has 0 unspecified atom stereocenters. The number of carbonyl (C=O) groups is 2. The Morgan fingerprint density at radius 1 is 1.11 bits per heavy atom. The van der Waals surface area contributed by atoms with E-state index in [0.29, 0.717) is 25.3 Å². The van der Waals surface area contributed by atoms with Crippen LogP contribution in [0.3, 0.4) is 0 Å². The third-order valence-electron chi connectivity index (χ3n) is 6.30. The van der Waals surface area contributed by atoms with Gasteiger partial charge in [0, 0.05) is 42.8 Å². The van der Waals surface area contributed by atoms with E-state index in [2.05, 4.69) is 34.3 Å². The van der Waals surface area contributed by atoms with Crippen molar-refractivity contribution >= 4 is 23.3 Å². The monoisotopic (exact) mass is 493 g/mol. The highest BCUT2D eigenvalue weighted by Crippen LogP contribution is 2.40. The zero-order valence-corrected chi connectivity index (χ0v) is 21.4. The highest BCUT2D eigenvalue weighted by atomic mass is 32.1. The van der Waals surface area contributed by atoms with E-state index >= 15 is 0 Å². The van der Waals surface area contributed by atoms with Crippen LogP contribution in [0.4, 0.5) is 4.79 Å². The lowest BCUT2D eigenvalue weighted by Crippen LogP contribution is -2.56. The van der Waals surface area contributed by atoms with Crippen LogP contribution in [0.15, 0.2) is 42.0 Å². The molecule has 9 heteroatoms. The molecule has 2 aliphatic rings. The van der Waals surface area contributed by atoms with Gasteiger partial charge in [0.05, 0.1) is 11.9 Å². The zero-order valence-electron chi connectivity index (χ0n) is 20.6. The van der Waals surface area contributed by atoms with Crippen LogP contribution in [-0.2, 0) is 4.74 Å². The van der Waals surface area contributed by atoms with Crippen molar-refractivity contribution in [3.8, 4) is 16.3 Å². The van der Waals surface area contributed by atoms with Crippen molar-refractivity contribution in [2.24, 2.45) is 0 Å². The molecule has 0 N–H and O–H groups in total. The molecular formula is C26H31N5O3S. The van der Waals surface area contributed by atoms with Gasteiger partial charge in [-0.25, -0.2) is 14.5 Å². The van der Waals surface area contributed by atoms with Crippen molar-refractivity contribution in [1.82, 2.24) is 24.6 Å². The molecule has 2 amide bonds. The average Bonchev–Trinajstić information content (AvgIpc) is 3.34. The Morgan fingerprint density at radius 2 is 1.86 bits per heavy atom. The summed E-state index contributed by atoms with van der Waals surface area (Å²) in [4.78, 5) is 33.6. The third-order valence-corrected chi connectivity index (χ3v) is 7.19. The summed E-state index contributed by atoms with van der Waals surface area (Å²) >= 11 is 1.43. The van der Waals surface area contributed by atoms with Gasteiger partial charge < -0.3 is 14.5 Å². The van der Waals surface area contributed by atoms with Gasteiger partial charge in [0.15, 0.2) is 0 Å². The Bertz CT molecular complexity index is 1220. The molecule has 184 valence electrons. The maximum atomic E-state index is 13.1. The molecule has 1 aromatic carbocycles. The number of hydrogen-bond donors (Lipinski definition) is 0. The summed E-state index contributed by atoms with van der Waals surface area (Å²) in [6.07, 6.45) is 5.96. The quantitative estimate of drug-likeness (QED) is 0.514. The first kappa shape index (κ1) is 23.5. The van der Waals surface area contributed by atoms with Gasteiger partial charge in [-0.05, 0) is 64.2 Å². The molecule has 3 heterocycles. The number of rotatable bonds is 4. The molecule has 2 fully saturated rings. The Hall–Kier alpha value is -3.20. The third kappa shape index (κ3) is 5.24. The summed E-state index contributed by atoms with van der Waals surface area (Å²) in [6, 6.07) is 8.42. The SMILES string of the molecule is C[C@H]1CN(C(=O)c2csc(-c3cnn(-c4ccc(C5CC5)cc4)c3)n2)CCN1C(=O)OC(C)(C)C. The fourth-order valence-electron chi connectivity index (χ4n) is 4.29. The molecule has 1 saturated heterocycles. The summed E-state index contributed by atoms with van der Waals surface area (Å²) in [5.74, 6) is 0.609. The molecule has 0 radical (unpaired) electrons. The van der Waals surface area contributed by atoms with Crippen LogP contribution in [0.2, 0.25) is 0 Å². The molecule has 1 aliphatic carbocycles. The van der Waals surface area contributed by atoms with E-state index in [-0.39, 0.29) is 18.0 Å². The van der Waals surface area contributed by atoms with E-state index in [1.54, 1.807) is 21.4 Å². The number of hydrogen-bond acceptors (Lipinski definition) is 6. The lowest BCUT2D eigenvalue weighted by atomic mass is 10.1. The topological polar surface area (TPSA) is 80.6 Å². The van der Waals surface area contributed by atoms with Gasteiger partial charge >= 0.3 is 6.09 Å². The number of carbonyl (C=O) groups excluding carboxylic acids is 2. The van der Waals surface area contributed by atoms with E-state index in [9.17, 15) is 9.59 Å². The number of ether oxygens (including phenoxy) is 1. The maximum absolute atomic E-state index is 13.1. The molecule has 0 spiro atoms. The van der Waals surface area contributed by atoms with E-state index in [1.165, 1.54) is 29.7 Å². The number of aromatic nitrogens is 3. The summed E-state index contributed by atoms with van der Waals surface area (Å²) in [7, 11) is 0. The van der Waals surface area contributed by atoms with Crippen LogP contribution in [0.25, 0.3) is 16.3 Å².